The van der Waals surface area contributed by atoms with E-state index in [1.807, 2.05) is 0 Å². The van der Waals surface area contributed by atoms with Crippen LogP contribution in [0.5, 0.6) is 0 Å². The van der Waals surface area contributed by atoms with E-state index in [9.17, 15) is 9.36 Å². The highest BCUT2D eigenvalue weighted by Crippen LogP contribution is 2.48. The van der Waals surface area contributed by atoms with Crippen LogP contribution in [0, 0.1) is 0 Å². The predicted octanol–water partition coefficient (Wildman–Crippen LogP) is 9.62. The Labute approximate surface area is 212 Å². The van der Waals surface area contributed by atoms with Crippen molar-refractivity contribution in [2.45, 2.75) is 149 Å². The summed E-state index contributed by atoms with van der Waals surface area (Å²) in [6.07, 6.45) is 25.1. The molecule has 0 aromatic rings. The van der Waals surface area contributed by atoms with Crippen LogP contribution in [-0.2, 0) is 23.1 Å². The fourth-order valence-electron chi connectivity index (χ4n) is 4.05. The highest BCUT2D eigenvalue weighted by Gasteiger charge is 2.24. The molecule has 0 aromatic carbocycles. The van der Waals surface area contributed by atoms with Crippen molar-refractivity contribution in [2.24, 2.45) is 0 Å². The standard InChI is InChI=1S/C28H57O5P/c1-4-6-8-10-12-14-16-18-20-22-24-32-34(30,27-26-31-28(3)29)33-25-23-21-19-17-15-13-11-9-7-5-2/h4-27H2,1-3H3. The normalized spacial score (nSPS) is 11.7. The van der Waals surface area contributed by atoms with Gasteiger partial charge in [0.15, 0.2) is 0 Å². The van der Waals surface area contributed by atoms with Gasteiger partial charge in [0.25, 0.3) is 0 Å². The fourth-order valence-corrected chi connectivity index (χ4v) is 5.52. The summed E-state index contributed by atoms with van der Waals surface area (Å²) in [5.41, 5.74) is 0. The van der Waals surface area contributed by atoms with Crippen molar-refractivity contribution in [3.05, 3.63) is 0 Å². The van der Waals surface area contributed by atoms with Crippen molar-refractivity contribution >= 4 is 13.6 Å². The molecule has 0 amide bonds. The third-order valence-electron chi connectivity index (χ3n) is 6.24. The number of esters is 1. The third-order valence-corrected chi connectivity index (χ3v) is 8.12. The van der Waals surface area contributed by atoms with Crippen molar-refractivity contribution in [3.63, 3.8) is 0 Å². The monoisotopic (exact) mass is 504 g/mol. The molecule has 0 aromatic heterocycles. The first-order valence-electron chi connectivity index (χ1n) is 14.6. The second kappa shape index (κ2) is 25.7. The number of hydrogen-bond donors (Lipinski definition) is 0. The lowest BCUT2D eigenvalue weighted by Gasteiger charge is -2.18. The molecule has 0 aliphatic rings. The highest BCUT2D eigenvalue weighted by molar-refractivity contribution is 7.53. The van der Waals surface area contributed by atoms with E-state index in [0.29, 0.717) is 13.2 Å². The molecule has 0 aliphatic carbocycles. The van der Waals surface area contributed by atoms with Crippen LogP contribution in [0.15, 0.2) is 0 Å². The minimum absolute atomic E-state index is 0.0860. The van der Waals surface area contributed by atoms with Gasteiger partial charge in [0.05, 0.1) is 19.4 Å². The van der Waals surface area contributed by atoms with Crippen LogP contribution in [0.4, 0.5) is 0 Å². The minimum atomic E-state index is -3.21. The van der Waals surface area contributed by atoms with E-state index in [1.165, 1.54) is 110 Å². The van der Waals surface area contributed by atoms with Crippen LogP contribution in [0.25, 0.3) is 0 Å². The summed E-state index contributed by atoms with van der Waals surface area (Å²) in [7, 11) is -3.21. The van der Waals surface area contributed by atoms with Crippen molar-refractivity contribution in [2.75, 3.05) is 26.0 Å². The molecule has 0 N–H and O–H groups in total. The molecule has 0 saturated carbocycles. The molecule has 0 fully saturated rings. The van der Waals surface area contributed by atoms with E-state index in [0.717, 1.165) is 25.7 Å². The smallest absolute Gasteiger partial charge is 0.334 e. The number of ether oxygens (including phenoxy) is 1. The zero-order valence-electron chi connectivity index (χ0n) is 23.0. The summed E-state index contributed by atoms with van der Waals surface area (Å²) in [5, 5.41) is 0. The van der Waals surface area contributed by atoms with Gasteiger partial charge in [-0.15, -0.1) is 0 Å². The first kappa shape index (κ1) is 33.6. The van der Waals surface area contributed by atoms with Crippen molar-refractivity contribution in [3.8, 4) is 0 Å². The first-order chi connectivity index (χ1) is 16.5. The van der Waals surface area contributed by atoms with Crippen molar-refractivity contribution in [1.29, 1.82) is 0 Å². The number of carbonyl (C=O) groups excluding carboxylic acids is 1. The molecule has 0 unspecified atom stereocenters. The van der Waals surface area contributed by atoms with Crippen LogP contribution in [0.1, 0.15) is 149 Å². The highest BCUT2D eigenvalue weighted by atomic mass is 31.2. The Bertz CT molecular complexity index is 453. The van der Waals surface area contributed by atoms with Gasteiger partial charge in [0.2, 0.25) is 0 Å². The maximum atomic E-state index is 13.1. The van der Waals surface area contributed by atoms with Gasteiger partial charge in [-0.3, -0.25) is 9.36 Å². The summed E-state index contributed by atoms with van der Waals surface area (Å²) < 4.78 is 29.5. The molecule has 5 nitrogen and oxygen atoms in total. The molecule has 0 radical (unpaired) electrons. The molecule has 0 heterocycles. The SMILES string of the molecule is CCCCCCCCCCCCOP(=O)(CCOC(C)=O)OCCCCCCCCCCCC. The molecule has 34 heavy (non-hydrogen) atoms. The summed E-state index contributed by atoms with van der Waals surface area (Å²) in [6.45, 7) is 6.85. The van der Waals surface area contributed by atoms with Gasteiger partial charge in [0, 0.05) is 6.92 Å². The lowest BCUT2D eigenvalue weighted by molar-refractivity contribution is -0.140. The van der Waals surface area contributed by atoms with Gasteiger partial charge in [0.1, 0.15) is 6.61 Å². The molecule has 0 aliphatic heterocycles. The maximum absolute atomic E-state index is 13.1. The predicted molar refractivity (Wildman–Crippen MR) is 145 cm³/mol. The molecule has 0 rings (SSSR count). The van der Waals surface area contributed by atoms with Gasteiger partial charge >= 0.3 is 13.6 Å². The van der Waals surface area contributed by atoms with E-state index in [1.54, 1.807) is 0 Å². The zero-order chi connectivity index (χ0) is 25.2. The van der Waals surface area contributed by atoms with Gasteiger partial charge < -0.3 is 13.8 Å². The molecule has 0 spiro atoms. The average molecular weight is 505 g/mol. The Morgan fingerprint density at radius 3 is 1.18 bits per heavy atom. The van der Waals surface area contributed by atoms with Crippen LogP contribution < -0.4 is 0 Å². The second-order valence-corrected chi connectivity index (χ2v) is 11.9. The molecular weight excluding hydrogens is 447 g/mol. The molecule has 0 saturated heterocycles. The number of rotatable bonds is 27. The lowest BCUT2D eigenvalue weighted by Crippen LogP contribution is -2.10. The van der Waals surface area contributed by atoms with Gasteiger partial charge in [-0.1, -0.05) is 129 Å². The Morgan fingerprint density at radius 1 is 0.529 bits per heavy atom. The fraction of sp³-hybridized carbons (Fsp3) is 0.964. The summed E-state index contributed by atoms with van der Waals surface area (Å²) >= 11 is 0. The third kappa shape index (κ3) is 24.7. The lowest BCUT2D eigenvalue weighted by atomic mass is 10.1. The van der Waals surface area contributed by atoms with Crippen LogP contribution in [0.3, 0.4) is 0 Å². The largest absolute Gasteiger partial charge is 0.465 e. The molecular formula is C28H57O5P. The molecule has 0 atom stereocenters. The minimum Gasteiger partial charge on any atom is -0.465 e. The quantitative estimate of drug-likeness (QED) is 0.0633. The summed E-state index contributed by atoms with van der Waals surface area (Å²) in [4.78, 5) is 11.1. The Balaban J connectivity index is 3.90. The van der Waals surface area contributed by atoms with E-state index >= 15 is 0 Å². The first-order valence-corrected chi connectivity index (χ1v) is 16.3. The summed E-state index contributed by atoms with van der Waals surface area (Å²) in [6, 6.07) is 0. The number of unbranched alkanes of at least 4 members (excludes halogenated alkanes) is 18. The zero-order valence-corrected chi connectivity index (χ0v) is 23.9. The number of hydrogen-bond acceptors (Lipinski definition) is 5. The van der Waals surface area contributed by atoms with Crippen LogP contribution in [-0.4, -0.2) is 32.0 Å². The van der Waals surface area contributed by atoms with E-state index in [4.69, 9.17) is 13.8 Å². The van der Waals surface area contributed by atoms with E-state index in [2.05, 4.69) is 13.8 Å². The Hall–Kier alpha value is -0.380. The molecule has 204 valence electrons. The van der Waals surface area contributed by atoms with E-state index < -0.39 is 7.60 Å². The van der Waals surface area contributed by atoms with Gasteiger partial charge in [-0.25, -0.2) is 0 Å². The topological polar surface area (TPSA) is 61.8 Å². The Kier molecular flexibility index (Phi) is 25.4. The van der Waals surface area contributed by atoms with Crippen molar-refractivity contribution in [1.82, 2.24) is 0 Å². The van der Waals surface area contributed by atoms with Gasteiger partial charge in [-0.05, 0) is 12.8 Å². The second-order valence-electron chi connectivity index (χ2n) is 9.70. The van der Waals surface area contributed by atoms with Crippen molar-refractivity contribution < 1.29 is 23.1 Å². The van der Waals surface area contributed by atoms with Crippen LogP contribution >= 0.6 is 7.60 Å². The Morgan fingerprint density at radius 2 is 0.853 bits per heavy atom. The number of carbonyl (C=O) groups is 1. The van der Waals surface area contributed by atoms with Crippen LogP contribution in [0.2, 0.25) is 0 Å². The van der Waals surface area contributed by atoms with Gasteiger partial charge in [-0.2, -0.15) is 0 Å². The van der Waals surface area contributed by atoms with E-state index in [-0.39, 0.29) is 18.7 Å². The maximum Gasteiger partial charge on any atom is 0.334 e. The average Bonchev–Trinajstić information content (AvgIpc) is 2.81. The summed E-state index contributed by atoms with van der Waals surface area (Å²) in [5.74, 6) is -0.365. The molecule has 0 bridgehead atoms. The molecule has 6 heteroatoms.